The Morgan fingerprint density at radius 1 is 0.722 bits per heavy atom. The van der Waals surface area contributed by atoms with Crippen molar-refractivity contribution in [2.75, 3.05) is 0 Å². The Hall–Kier alpha value is -6.52. The summed E-state index contributed by atoms with van der Waals surface area (Å²) in [6.45, 7) is 5.86. The van der Waals surface area contributed by atoms with Crippen molar-refractivity contribution in [1.82, 2.24) is 29.8 Å². The first-order chi connectivity index (χ1) is 26.1. The number of nitrogens with zero attached hydrogens (tertiary/aromatic N) is 6. The summed E-state index contributed by atoms with van der Waals surface area (Å²) in [7, 11) is 0. The van der Waals surface area contributed by atoms with Gasteiger partial charge in [0.25, 0.3) is 5.78 Å². The molecule has 10 heteroatoms. The predicted octanol–water partition coefficient (Wildman–Crippen LogP) is 7.54. The fraction of sp³-hybridized carbons (Fsp3) is 0.182. The summed E-state index contributed by atoms with van der Waals surface area (Å²) >= 11 is 0. The molecule has 0 bridgehead atoms. The van der Waals surface area contributed by atoms with Crippen LogP contribution in [0.1, 0.15) is 71.3 Å². The largest absolute Gasteiger partial charge is 0.475 e. The van der Waals surface area contributed by atoms with Crippen molar-refractivity contribution < 1.29 is 19.8 Å². The van der Waals surface area contributed by atoms with Crippen LogP contribution < -0.4 is 0 Å². The third-order valence-electron chi connectivity index (χ3n) is 9.57. The number of aromatic nitrogens is 6. The first-order valence-electron chi connectivity index (χ1n) is 17.9. The number of tetrazole rings is 1. The third-order valence-corrected chi connectivity index (χ3v) is 9.57. The number of carbonyl (C=O) groups excluding carboxylic acids is 1. The number of Topliss-reactive ketones (excluding diaryl/α,β-unsaturated/α-hetero) is 1. The molecule has 2 N–H and O–H groups in total. The van der Waals surface area contributed by atoms with Crippen LogP contribution in [0.25, 0.3) is 22.6 Å². The van der Waals surface area contributed by atoms with Crippen LogP contribution in [0.2, 0.25) is 0 Å². The second-order valence-electron chi connectivity index (χ2n) is 13.7. The molecule has 7 aromatic rings. The number of carbonyl (C=O) groups is 2. The van der Waals surface area contributed by atoms with Gasteiger partial charge in [0.2, 0.25) is 5.82 Å². The number of hydrogen-bond acceptors (Lipinski definition) is 7. The van der Waals surface area contributed by atoms with Gasteiger partial charge in [0, 0.05) is 18.5 Å². The van der Waals surface area contributed by atoms with E-state index in [9.17, 15) is 19.8 Å². The molecular weight excluding hydrogens is 677 g/mol. The maximum atomic E-state index is 12.5. The number of carboxylic acid groups (broad SMARTS) is 1. The van der Waals surface area contributed by atoms with E-state index in [0.717, 1.165) is 34.5 Å². The highest BCUT2D eigenvalue weighted by molar-refractivity contribution is 6.41. The van der Waals surface area contributed by atoms with Crippen molar-refractivity contribution in [1.29, 1.82) is 0 Å². The monoisotopic (exact) mass is 716 g/mol. The van der Waals surface area contributed by atoms with Gasteiger partial charge in [-0.15, -0.1) is 15.0 Å². The SMILES string of the molecule is CCCc1nc(C(C)(C)O)c(-c2nnn(C(c3ccccc3)(c3ccccc3)c3ccccc3)n2)n1Cc1ccc(-c2ccccc2C(=O)C(=O)O)cc1. The molecule has 0 aliphatic rings. The summed E-state index contributed by atoms with van der Waals surface area (Å²) in [6, 6.07) is 44.6. The molecule has 0 saturated heterocycles. The van der Waals surface area contributed by atoms with Crippen molar-refractivity contribution in [2.24, 2.45) is 0 Å². The lowest BCUT2D eigenvalue weighted by molar-refractivity contribution is -0.131. The van der Waals surface area contributed by atoms with Crippen LogP contribution in [0.5, 0.6) is 0 Å². The Labute approximate surface area is 313 Å². The number of ketones is 1. The number of imidazole rings is 1. The third kappa shape index (κ3) is 6.63. The molecule has 10 nitrogen and oxygen atoms in total. The Kier molecular flexibility index (Phi) is 9.86. The molecule has 2 heterocycles. The number of benzene rings is 5. The average Bonchev–Trinajstić information content (AvgIpc) is 3.82. The lowest BCUT2D eigenvalue weighted by Gasteiger charge is -2.34. The standard InChI is InChI=1S/C44H40N6O4/c1-4-16-37-45-40(43(2,3)54)38(49(37)29-30-25-27-31(28-26-30)35-23-14-15-24-36(35)39(51)42(52)53)41-46-48-50(47-41)44(32-17-8-5-9-18-32,33-19-10-6-11-20-33)34-21-12-7-13-22-34/h5-15,17-28,54H,4,16,29H2,1-3H3,(H,52,53). The molecule has 0 saturated carbocycles. The van der Waals surface area contributed by atoms with E-state index in [1.807, 2.05) is 83.4 Å². The topological polar surface area (TPSA) is 136 Å². The van der Waals surface area contributed by atoms with Crippen LogP contribution in [-0.4, -0.2) is 51.7 Å². The van der Waals surface area contributed by atoms with Crippen LogP contribution >= 0.6 is 0 Å². The molecule has 0 spiro atoms. The van der Waals surface area contributed by atoms with E-state index in [0.29, 0.717) is 41.3 Å². The number of hydrogen-bond donors (Lipinski definition) is 2. The van der Waals surface area contributed by atoms with Crippen molar-refractivity contribution in [3.8, 4) is 22.6 Å². The van der Waals surface area contributed by atoms with Gasteiger partial charge in [-0.3, -0.25) is 4.79 Å². The van der Waals surface area contributed by atoms with Crippen LogP contribution in [0, 0.1) is 0 Å². The highest BCUT2D eigenvalue weighted by atomic mass is 16.4. The molecular formula is C44H40N6O4. The Balaban J connectivity index is 1.38. The van der Waals surface area contributed by atoms with Crippen molar-refractivity contribution in [3.63, 3.8) is 0 Å². The fourth-order valence-electron chi connectivity index (χ4n) is 7.09. The number of carboxylic acids is 1. The van der Waals surface area contributed by atoms with Gasteiger partial charge < -0.3 is 14.8 Å². The van der Waals surface area contributed by atoms with Crippen LogP contribution in [0.15, 0.2) is 140 Å². The quantitative estimate of drug-likeness (QED) is 0.0710. The summed E-state index contributed by atoms with van der Waals surface area (Å²) in [4.78, 5) is 30.7. The Morgan fingerprint density at radius 3 is 1.78 bits per heavy atom. The van der Waals surface area contributed by atoms with E-state index in [4.69, 9.17) is 20.4 Å². The molecule has 0 unspecified atom stereocenters. The zero-order chi connectivity index (χ0) is 37.9. The number of aryl methyl sites for hydroxylation is 1. The van der Waals surface area contributed by atoms with Crippen LogP contribution in [-0.2, 0) is 28.9 Å². The maximum Gasteiger partial charge on any atom is 0.377 e. The van der Waals surface area contributed by atoms with E-state index in [1.54, 1.807) is 36.8 Å². The van der Waals surface area contributed by atoms with Gasteiger partial charge in [0.1, 0.15) is 22.8 Å². The van der Waals surface area contributed by atoms with Crippen molar-refractivity contribution in [2.45, 2.75) is 51.3 Å². The van der Waals surface area contributed by atoms with Gasteiger partial charge in [0.15, 0.2) is 5.54 Å². The molecule has 0 aliphatic carbocycles. The minimum absolute atomic E-state index is 0.126. The zero-order valence-corrected chi connectivity index (χ0v) is 30.3. The predicted molar refractivity (Wildman–Crippen MR) is 206 cm³/mol. The minimum atomic E-state index is -1.50. The van der Waals surface area contributed by atoms with E-state index in [-0.39, 0.29) is 5.56 Å². The van der Waals surface area contributed by atoms with Gasteiger partial charge in [-0.05, 0) is 58.9 Å². The molecule has 0 atom stereocenters. The first kappa shape index (κ1) is 35.9. The summed E-state index contributed by atoms with van der Waals surface area (Å²) in [5.41, 5.74) is 3.79. The summed E-state index contributed by atoms with van der Waals surface area (Å²) in [5, 5.41) is 35.6. The number of aliphatic carboxylic acids is 1. The molecule has 0 radical (unpaired) electrons. The van der Waals surface area contributed by atoms with E-state index in [2.05, 4.69) is 43.3 Å². The average molecular weight is 717 g/mol. The lowest BCUT2D eigenvalue weighted by atomic mass is 9.77. The molecule has 270 valence electrons. The van der Waals surface area contributed by atoms with Crippen molar-refractivity contribution in [3.05, 3.63) is 179 Å². The highest BCUT2D eigenvalue weighted by Gasteiger charge is 2.42. The van der Waals surface area contributed by atoms with Gasteiger partial charge in [-0.2, -0.15) is 0 Å². The van der Waals surface area contributed by atoms with E-state index < -0.39 is 22.9 Å². The second kappa shape index (κ2) is 14.8. The minimum Gasteiger partial charge on any atom is -0.475 e. The molecule has 0 amide bonds. The summed E-state index contributed by atoms with van der Waals surface area (Å²) in [6.07, 6.45) is 1.45. The number of aliphatic hydroxyl groups is 1. The second-order valence-corrected chi connectivity index (χ2v) is 13.7. The zero-order valence-electron chi connectivity index (χ0n) is 30.3. The molecule has 0 aliphatic heterocycles. The summed E-state index contributed by atoms with van der Waals surface area (Å²) in [5.74, 6) is -1.39. The number of rotatable bonds is 13. The normalized spacial score (nSPS) is 11.8. The molecule has 54 heavy (non-hydrogen) atoms. The fourth-order valence-corrected chi connectivity index (χ4v) is 7.09. The maximum absolute atomic E-state index is 12.5. The Morgan fingerprint density at radius 2 is 1.26 bits per heavy atom. The molecule has 2 aromatic heterocycles. The Bertz CT molecular complexity index is 2300. The first-order valence-corrected chi connectivity index (χ1v) is 17.9. The van der Waals surface area contributed by atoms with Crippen LogP contribution in [0.4, 0.5) is 0 Å². The molecule has 7 rings (SSSR count). The van der Waals surface area contributed by atoms with Gasteiger partial charge in [-0.25, -0.2) is 9.78 Å². The van der Waals surface area contributed by atoms with E-state index >= 15 is 0 Å². The van der Waals surface area contributed by atoms with E-state index in [1.165, 1.54) is 6.07 Å². The van der Waals surface area contributed by atoms with Gasteiger partial charge in [0.05, 0.1) is 0 Å². The van der Waals surface area contributed by atoms with Crippen LogP contribution in [0.3, 0.4) is 0 Å². The lowest BCUT2D eigenvalue weighted by Crippen LogP contribution is -2.39. The molecule has 0 fully saturated rings. The molecule has 5 aromatic carbocycles. The van der Waals surface area contributed by atoms with Gasteiger partial charge in [-0.1, -0.05) is 146 Å². The van der Waals surface area contributed by atoms with Crippen molar-refractivity contribution >= 4 is 11.8 Å². The highest BCUT2D eigenvalue weighted by Crippen LogP contribution is 2.40. The smallest absolute Gasteiger partial charge is 0.377 e. The summed E-state index contributed by atoms with van der Waals surface area (Å²) < 4.78 is 2.05. The van der Waals surface area contributed by atoms with Gasteiger partial charge >= 0.3 is 5.97 Å².